The predicted octanol–water partition coefficient (Wildman–Crippen LogP) is -0.581. The molecule has 2 heterocycles. The Kier molecular flexibility index (Phi) is 45.8. The number of guanidine groups is 2. The van der Waals surface area contributed by atoms with Gasteiger partial charge in [0.25, 0.3) is 0 Å². The molecule has 1 aromatic heterocycles. The van der Waals surface area contributed by atoms with E-state index in [9.17, 15) is 44.4 Å². The van der Waals surface area contributed by atoms with Crippen LogP contribution < -0.4 is 108 Å². The lowest BCUT2D eigenvalue weighted by molar-refractivity contribution is -0.142. The highest BCUT2D eigenvalue weighted by atomic mass is 32.2. The van der Waals surface area contributed by atoms with E-state index >= 15 is 57.5 Å². The number of para-hydroxylation sites is 1. The largest absolute Gasteiger partial charge is 0.508 e. The smallest absolute Gasteiger partial charge is 0.245 e. The van der Waals surface area contributed by atoms with Crippen molar-refractivity contribution in [1.82, 2.24) is 95.0 Å². The third-order valence-corrected chi connectivity index (χ3v) is 26.5. The van der Waals surface area contributed by atoms with Crippen LogP contribution in [0.4, 0.5) is 0 Å². The molecule has 45 nitrogen and oxygen atoms in total. The van der Waals surface area contributed by atoms with Crippen LogP contribution in [-0.4, -0.2) is 265 Å². The fourth-order valence-corrected chi connectivity index (χ4v) is 17.3. The maximum atomic E-state index is 15.6. The number of aromatic hydroxyl groups is 4. The number of rotatable bonds is 29. The van der Waals surface area contributed by atoms with Gasteiger partial charge in [-0.2, -0.15) is 0 Å². The molecule has 1 saturated heterocycles. The van der Waals surface area contributed by atoms with E-state index in [1.165, 1.54) is 111 Å². The van der Waals surface area contributed by atoms with E-state index < -0.39 is 257 Å². The van der Waals surface area contributed by atoms with Crippen LogP contribution in [0, 0.1) is 34.5 Å². The second-order valence-corrected chi connectivity index (χ2v) is 38.8. The number of hydrogen-bond acceptors (Lipinski definition) is 24. The normalized spacial score (nSPS) is 23.1. The summed E-state index contributed by atoms with van der Waals surface area (Å²) in [6.45, 7) is 14.2. The molecule has 0 aliphatic carbocycles. The Hall–Kier alpha value is -16.1. The maximum absolute atomic E-state index is 15.6. The van der Waals surface area contributed by atoms with Crippen molar-refractivity contribution >= 4 is 135 Å². The number of H-pyrrole nitrogens is 1. The number of aromatic amines is 1. The highest BCUT2D eigenvalue weighted by Gasteiger charge is 2.43. The summed E-state index contributed by atoms with van der Waals surface area (Å²) in [6, 6.07) is 12.9. The number of phenolic OH excluding ortho intramolecular Hbond substituents is 4. The number of nitrogens with zero attached hydrogens (tertiary/aromatic N) is 1. The number of carbonyl (C=O) groups excluding carboxylic acids is 17. The zero-order valence-electron chi connectivity index (χ0n) is 84.9. The van der Waals surface area contributed by atoms with E-state index in [0.717, 1.165) is 16.7 Å². The van der Waals surface area contributed by atoms with Gasteiger partial charge in [-0.15, -0.1) is 11.8 Å². The zero-order valence-corrected chi connectivity index (χ0v) is 85.7. The Morgan fingerprint density at radius 1 is 0.396 bits per heavy atom. The first-order chi connectivity index (χ1) is 70.7. The van der Waals surface area contributed by atoms with Crippen molar-refractivity contribution in [2.24, 2.45) is 46.6 Å². The number of fused-ring (bicyclic) bond motifs is 1. The molecule has 1 fully saturated rings. The van der Waals surface area contributed by atoms with Crippen LogP contribution in [0.3, 0.4) is 0 Å². The average Bonchev–Trinajstić information content (AvgIpc) is 1.75. The number of carbonyl (C=O) groups is 17. The number of likely N-dealkylation sites (N-methyl/N-ethyl adjacent to an activating group) is 1. The predicted molar refractivity (Wildman–Crippen MR) is 556 cm³/mol. The molecule has 0 saturated carbocycles. The molecule has 6 aromatic carbocycles. The summed E-state index contributed by atoms with van der Waals surface area (Å²) in [5.41, 5.74) is 26.0. The number of amides is 17. The molecule has 0 radical (unpaired) electrons. The van der Waals surface area contributed by atoms with Crippen LogP contribution in [0.1, 0.15) is 141 Å². The minimum Gasteiger partial charge on any atom is -0.508 e. The molecule has 804 valence electrons. The van der Waals surface area contributed by atoms with E-state index in [-0.39, 0.29) is 106 Å². The Bertz CT molecular complexity index is 5820. The van der Waals surface area contributed by atoms with Gasteiger partial charge in [0.15, 0.2) is 11.9 Å². The zero-order chi connectivity index (χ0) is 110. The molecule has 8 rings (SSSR count). The van der Waals surface area contributed by atoms with Crippen molar-refractivity contribution < 1.29 is 102 Å². The summed E-state index contributed by atoms with van der Waals surface area (Å²) < 4.78 is 0. The molecule has 149 heavy (non-hydrogen) atoms. The molecule has 0 unspecified atom stereocenters. The molecular weight excluding hydrogens is 1940 g/mol. The van der Waals surface area contributed by atoms with E-state index in [2.05, 4.69) is 90.1 Å². The van der Waals surface area contributed by atoms with Gasteiger partial charge in [-0.25, -0.2) is 0 Å². The van der Waals surface area contributed by atoms with Gasteiger partial charge < -0.3 is 138 Å². The van der Waals surface area contributed by atoms with E-state index in [1.54, 1.807) is 116 Å². The number of nitrogens with one attached hydrogen (secondary N) is 19. The lowest BCUT2D eigenvalue weighted by Crippen LogP contribution is -2.63. The van der Waals surface area contributed by atoms with Gasteiger partial charge in [0.1, 0.15) is 114 Å². The lowest BCUT2D eigenvalue weighted by atomic mass is 9.94. The van der Waals surface area contributed by atoms with Crippen LogP contribution in [-0.2, 0) is 120 Å². The number of nitrogens with two attached hydrogens (primary N) is 4. The number of benzene rings is 6. The second-order valence-electron chi connectivity index (χ2n) is 37.8. The van der Waals surface area contributed by atoms with E-state index in [1.807, 2.05) is 0 Å². The quantitative estimate of drug-likeness (QED) is 0.0158. The topological polar surface area (TPSA) is 734 Å². The van der Waals surface area contributed by atoms with Gasteiger partial charge in [0, 0.05) is 81.5 Å². The van der Waals surface area contributed by atoms with Crippen LogP contribution >= 0.6 is 11.8 Å². The van der Waals surface area contributed by atoms with E-state index in [0.29, 0.717) is 38.7 Å². The fourth-order valence-electron chi connectivity index (χ4n) is 16.4. The molecule has 0 bridgehead atoms. The van der Waals surface area contributed by atoms with Crippen LogP contribution in [0.25, 0.3) is 10.9 Å². The molecule has 17 atom stereocenters. The Morgan fingerprint density at radius 2 is 0.738 bits per heavy atom. The number of hydrogen-bond donors (Lipinski definition) is 27. The molecule has 0 spiro atoms. The Balaban J connectivity index is 1.23. The van der Waals surface area contributed by atoms with Crippen molar-refractivity contribution in [3.05, 3.63) is 191 Å². The first-order valence-electron chi connectivity index (χ1n) is 49.2. The highest BCUT2D eigenvalue weighted by Crippen LogP contribution is 2.25. The van der Waals surface area contributed by atoms with Gasteiger partial charge in [-0.3, -0.25) is 92.3 Å². The standard InChI is InChI=1S/C103H140N24O21S/c1-11-56(7)85-99(146)115-72(25-19-43-111-103(108)109)89(136)114-71(24-18-42-110-102(106)107)90(137)121-78(47-62-30-38-67(130)39-31-62)101(148)127(10)80(48-63-32-40-68(131)41-33-63)96(143)122-79(87(105)134)52-149-53-82(133)113-58(9)88(135)123-83(54(3)4)97(144)119-75(44-59-20-14-13-15-21-59)94(141)124-84(55(5)6)98(145)120-76(49-64-51-112-70-23-17-16-22-69(64)70)92(139)118-77(50-81(104)132)93(140)116-73(45-60-26-34-65(128)35-27-60)91(138)117-74(46-61-28-36-66(129)37-29-61)95(142)125-86(57(8)12-2)100(147)126-85/h13-17,20-23,26-41,51,54-58,71-80,83-86,112,128-131H,11-12,18-19,24-25,42-50,52-53H2,1-10H3,(H2,104,132)(H2,105,134)(H,113,133)(H,114,136)(H,115,146)(H,116,140)(H,117,138)(H,118,139)(H,119,144)(H,120,145)(H,121,137)(H,122,143)(H,123,135)(H,124,141)(H,125,142)(H,126,147)(H4,106,107,110)(H4,108,109,111)/t56-,57-,58-,71-,72-,73-,74-,75-,76-,77-,78-,79-,80-,83-,84-,85-,86-/m0/s1. The average molecular weight is 2080 g/mol. The summed E-state index contributed by atoms with van der Waals surface area (Å²) in [4.78, 5) is 258. The van der Waals surface area contributed by atoms with Crippen molar-refractivity contribution in [3.63, 3.8) is 0 Å². The number of thioether (sulfide) groups is 1. The van der Waals surface area contributed by atoms with Gasteiger partial charge in [0.2, 0.25) is 100 Å². The Labute approximate surface area is 867 Å². The molecule has 17 amide bonds. The third-order valence-electron chi connectivity index (χ3n) is 25.4. The van der Waals surface area contributed by atoms with Crippen LogP contribution in [0.5, 0.6) is 23.0 Å². The SMILES string of the molecule is CC[C@H](C)[C@@H]1NC(=O)[C@H](Cc2ccc(O)cc2)NC(=O)[C@H](Cc2ccc(O)cc2)NC(=O)[C@H](CC(N)=O)NC(=O)[C@H](Cc2c[nH]c3ccccc23)NC(=O)[C@H](C(C)C)NC(=O)[C@H](Cc2ccccc2)NC(=O)[C@H](C(C)C)NC(=O)[C@H](C)NC(=O)CSC[C@@H](C(N)=O)NC(=O)[C@H](Cc2ccc(O)cc2)N(C)C(=O)[C@H](Cc2ccc(O)cc2)NC(=O)[C@H](CCCNC(=N)N)NC(=O)[C@H](CCCNC(=N)N)NC(=O)[C@H]([C@@H](C)CC)NC1=O. The van der Waals surface area contributed by atoms with Crippen LogP contribution in [0.2, 0.25) is 0 Å². The highest BCUT2D eigenvalue weighted by molar-refractivity contribution is 8.00. The van der Waals surface area contributed by atoms with Crippen molar-refractivity contribution in [2.45, 2.75) is 236 Å². The molecule has 7 aromatic rings. The Morgan fingerprint density at radius 3 is 1.17 bits per heavy atom. The lowest BCUT2D eigenvalue weighted by Gasteiger charge is -2.33. The van der Waals surface area contributed by atoms with Gasteiger partial charge in [-0.05, 0) is 144 Å². The second kappa shape index (κ2) is 57.7. The fraction of sp³-hybridized carbons (Fsp3) is 0.447. The number of aromatic nitrogens is 1. The number of phenols is 4. The molecular formula is C103H140N24O21S. The minimum absolute atomic E-state index is 0.00901. The first kappa shape index (κ1) is 118. The molecule has 31 N–H and O–H groups in total. The van der Waals surface area contributed by atoms with Crippen molar-refractivity contribution in [2.75, 3.05) is 31.6 Å². The molecule has 1 aliphatic heterocycles. The minimum atomic E-state index is -1.98. The summed E-state index contributed by atoms with van der Waals surface area (Å²) >= 11 is 0.789. The van der Waals surface area contributed by atoms with E-state index in [4.69, 9.17) is 33.8 Å². The maximum Gasteiger partial charge on any atom is 0.245 e. The van der Waals surface area contributed by atoms with Crippen LogP contribution in [0.15, 0.2) is 158 Å². The number of primary amides is 2. The van der Waals surface area contributed by atoms with Gasteiger partial charge in [-0.1, -0.05) is 165 Å². The van der Waals surface area contributed by atoms with Gasteiger partial charge in [0.05, 0.1) is 12.2 Å². The molecule has 46 heteroatoms. The van der Waals surface area contributed by atoms with Crippen molar-refractivity contribution in [3.8, 4) is 23.0 Å². The summed E-state index contributed by atoms with van der Waals surface area (Å²) in [5, 5.41) is 101. The van der Waals surface area contributed by atoms with Gasteiger partial charge >= 0.3 is 0 Å². The first-order valence-corrected chi connectivity index (χ1v) is 50.4. The molecule has 1 aliphatic rings. The monoisotopic (exact) mass is 2080 g/mol. The summed E-state index contributed by atoms with van der Waals surface area (Å²) in [7, 11) is 1.23. The van der Waals surface area contributed by atoms with Crippen molar-refractivity contribution in [1.29, 1.82) is 10.8 Å². The summed E-state index contributed by atoms with van der Waals surface area (Å²) in [5.74, 6) is -22.8. The third kappa shape index (κ3) is 37.4. The summed E-state index contributed by atoms with van der Waals surface area (Å²) in [6.07, 6.45) is -1.71.